The Balaban J connectivity index is 1.67. The van der Waals surface area contributed by atoms with E-state index in [9.17, 15) is 0 Å². The Morgan fingerprint density at radius 3 is 2.89 bits per heavy atom. The van der Waals surface area contributed by atoms with Gasteiger partial charge in [-0.3, -0.25) is 9.88 Å². The van der Waals surface area contributed by atoms with Crippen molar-refractivity contribution in [3.63, 3.8) is 0 Å². The highest BCUT2D eigenvalue weighted by atomic mass is 16.3. The van der Waals surface area contributed by atoms with Gasteiger partial charge in [-0.1, -0.05) is 0 Å². The molecule has 4 heteroatoms. The van der Waals surface area contributed by atoms with Crippen LogP contribution in [0.3, 0.4) is 0 Å². The molecule has 1 atom stereocenters. The molecule has 1 N–H and O–H groups in total. The Morgan fingerprint density at radius 1 is 1.28 bits per heavy atom. The second-order valence-electron chi connectivity index (χ2n) is 5.30. The number of hydrogen-bond acceptors (Lipinski definition) is 4. The van der Waals surface area contributed by atoms with Crippen molar-refractivity contribution in [2.45, 2.75) is 31.9 Å². The maximum absolute atomic E-state index is 9.14. The highest BCUT2D eigenvalue weighted by Crippen LogP contribution is 2.25. The Labute approximate surface area is 108 Å². The van der Waals surface area contributed by atoms with Crippen molar-refractivity contribution < 1.29 is 5.11 Å². The molecule has 2 aliphatic heterocycles. The van der Waals surface area contributed by atoms with Crippen molar-refractivity contribution in [3.05, 3.63) is 24.0 Å². The zero-order chi connectivity index (χ0) is 12.4. The lowest BCUT2D eigenvalue weighted by Gasteiger charge is -2.24. The Kier molecular flexibility index (Phi) is 3.48. The molecule has 1 aromatic heterocycles. The van der Waals surface area contributed by atoms with E-state index in [1.54, 1.807) is 6.20 Å². The van der Waals surface area contributed by atoms with Crippen molar-refractivity contribution in [2.75, 3.05) is 31.1 Å². The third kappa shape index (κ3) is 2.35. The van der Waals surface area contributed by atoms with Gasteiger partial charge in [0.05, 0.1) is 12.3 Å². The second-order valence-corrected chi connectivity index (χ2v) is 5.30. The lowest BCUT2D eigenvalue weighted by molar-refractivity contribution is 0.260. The molecule has 2 aliphatic rings. The molecular formula is C14H21N3O. The van der Waals surface area contributed by atoms with Crippen LogP contribution in [-0.4, -0.2) is 47.2 Å². The first-order valence-corrected chi connectivity index (χ1v) is 6.91. The highest BCUT2D eigenvalue weighted by Gasteiger charge is 2.29. The number of aromatic nitrogens is 1. The number of aliphatic hydroxyl groups is 1. The lowest BCUT2D eigenvalue weighted by Crippen LogP contribution is -2.35. The first-order chi connectivity index (χ1) is 8.86. The SMILES string of the molecule is OCc1cc(N2CCC(N3CCCC3)C2)ccn1. The van der Waals surface area contributed by atoms with Gasteiger partial charge in [0, 0.05) is 31.0 Å². The van der Waals surface area contributed by atoms with Crippen LogP contribution in [0.2, 0.25) is 0 Å². The van der Waals surface area contributed by atoms with Gasteiger partial charge in [-0.2, -0.15) is 0 Å². The van der Waals surface area contributed by atoms with E-state index in [-0.39, 0.29) is 6.61 Å². The van der Waals surface area contributed by atoms with Crippen LogP contribution >= 0.6 is 0 Å². The molecule has 0 bridgehead atoms. The van der Waals surface area contributed by atoms with Gasteiger partial charge < -0.3 is 10.0 Å². The summed E-state index contributed by atoms with van der Waals surface area (Å²) in [5, 5.41) is 9.14. The second kappa shape index (κ2) is 5.24. The average Bonchev–Trinajstić information content (AvgIpc) is 3.09. The molecule has 2 fully saturated rings. The number of nitrogens with zero attached hydrogens (tertiary/aromatic N) is 3. The molecule has 98 valence electrons. The molecule has 1 aromatic rings. The predicted octanol–water partition coefficient (Wildman–Crippen LogP) is 1.25. The van der Waals surface area contributed by atoms with Crippen molar-refractivity contribution in [1.82, 2.24) is 9.88 Å². The summed E-state index contributed by atoms with van der Waals surface area (Å²) in [6.07, 6.45) is 5.78. The van der Waals surface area contributed by atoms with Gasteiger partial charge in [-0.25, -0.2) is 0 Å². The third-order valence-corrected chi connectivity index (χ3v) is 4.15. The fraction of sp³-hybridized carbons (Fsp3) is 0.643. The van der Waals surface area contributed by atoms with Gasteiger partial charge >= 0.3 is 0 Å². The molecule has 0 saturated carbocycles. The van der Waals surface area contributed by atoms with Gasteiger partial charge in [0.15, 0.2) is 0 Å². The summed E-state index contributed by atoms with van der Waals surface area (Å²) in [5.74, 6) is 0. The molecule has 3 rings (SSSR count). The average molecular weight is 247 g/mol. The van der Waals surface area contributed by atoms with Crippen molar-refractivity contribution >= 4 is 5.69 Å². The Morgan fingerprint density at radius 2 is 2.11 bits per heavy atom. The van der Waals surface area contributed by atoms with E-state index >= 15 is 0 Å². The van der Waals surface area contributed by atoms with Crippen molar-refractivity contribution in [1.29, 1.82) is 0 Å². The molecule has 4 nitrogen and oxygen atoms in total. The summed E-state index contributed by atoms with van der Waals surface area (Å²) in [6.45, 7) is 4.82. The van der Waals surface area contributed by atoms with E-state index in [1.165, 1.54) is 38.0 Å². The van der Waals surface area contributed by atoms with E-state index in [0.717, 1.165) is 24.8 Å². The first kappa shape index (κ1) is 11.9. The van der Waals surface area contributed by atoms with Crippen LogP contribution in [0.15, 0.2) is 18.3 Å². The van der Waals surface area contributed by atoms with Crippen LogP contribution in [0.5, 0.6) is 0 Å². The van der Waals surface area contributed by atoms with Crippen molar-refractivity contribution in [2.24, 2.45) is 0 Å². The molecule has 3 heterocycles. The van der Waals surface area contributed by atoms with E-state index < -0.39 is 0 Å². The molecular weight excluding hydrogens is 226 g/mol. The van der Waals surface area contributed by atoms with E-state index in [0.29, 0.717) is 0 Å². The molecule has 0 spiro atoms. The van der Waals surface area contributed by atoms with Gasteiger partial charge in [0.2, 0.25) is 0 Å². The van der Waals surface area contributed by atoms with E-state index in [2.05, 4.69) is 14.8 Å². The van der Waals surface area contributed by atoms with Crippen LogP contribution in [0.4, 0.5) is 5.69 Å². The summed E-state index contributed by atoms with van der Waals surface area (Å²) in [4.78, 5) is 9.19. The summed E-state index contributed by atoms with van der Waals surface area (Å²) >= 11 is 0. The van der Waals surface area contributed by atoms with Gasteiger partial charge in [0.25, 0.3) is 0 Å². The monoisotopic (exact) mass is 247 g/mol. The fourth-order valence-electron chi connectivity index (χ4n) is 3.13. The van der Waals surface area contributed by atoms with Gasteiger partial charge in [-0.15, -0.1) is 0 Å². The van der Waals surface area contributed by atoms with Crippen LogP contribution < -0.4 is 4.90 Å². The van der Waals surface area contributed by atoms with Gasteiger partial charge in [-0.05, 0) is 44.5 Å². The number of pyridine rings is 1. The Bertz CT molecular complexity index is 404. The molecule has 18 heavy (non-hydrogen) atoms. The van der Waals surface area contributed by atoms with Crippen molar-refractivity contribution in [3.8, 4) is 0 Å². The van der Waals surface area contributed by atoms with Crippen LogP contribution in [0.1, 0.15) is 25.0 Å². The zero-order valence-electron chi connectivity index (χ0n) is 10.8. The molecule has 0 aromatic carbocycles. The minimum Gasteiger partial charge on any atom is -0.390 e. The standard InChI is InChI=1S/C14H21N3O/c18-11-12-9-13(3-5-15-12)17-8-4-14(10-17)16-6-1-2-7-16/h3,5,9,14,18H,1-2,4,6-8,10-11H2. The minimum absolute atomic E-state index is 0.0250. The van der Waals surface area contributed by atoms with Crippen LogP contribution in [-0.2, 0) is 6.61 Å². The van der Waals surface area contributed by atoms with E-state index in [1.807, 2.05) is 12.1 Å². The first-order valence-electron chi connectivity index (χ1n) is 6.91. The largest absolute Gasteiger partial charge is 0.390 e. The maximum atomic E-state index is 9.14. The molecule has 0 amide bonds. The number of rotatable bonds is 3. The van der Waals surface area contributed by atoms with Gasteiger partial charge in [0.1, 0.15) is 0 Å². The quantitative estimate of drug-likeness (QED) is 0.872. The lowest BCUT2D eigenvalue weighted by atomic mass is 10.2. The molecule has 1 unspecified atom stereocenters. The predicted molar refractivity (Wildman–Crippen MR) is 71.6 cm³/mol. The number of aliphatic hydroxyl groups excluding tert-OH is 1. The minimum atomic E-state index is 0.0250. The summed E-state index contributed by atoms with van der Waals surface area (Å²) in [5.41, 5.74) is 1.97. The molecule has 0 aliphatic carbocycles. The number of anilines is 1. The third-order valence-electron chi connectivity index (χ3n) is 4.15. The molecule has 0 radical (unpaired) electrons. The van der Waals surface area contributed by atoms with E-state index in [4.69, 9.17) is 5.11 Å². The fourth-order valence-corrected chi connectivity index (χ4v) is 3.13. The van der Waals surface area contributed by atoms with Crippen LogP contribution in [0.25, 0.3) is 0 Å². The number of hydrogen-bond donors (Lipinski definition) is 1. The highest BCUT2D eigenvalue weighted by molar-refractivity contribution is 5.47. The summed E-state index contributed by atoms with van der Waals surface area (Å²) in [6, 6.07) is 4.77. The summed E-state index contributed by atoms with van der Waals surface area (Å²) in [7, 11) is 0. The smallest absolute Gasteiger partial charge is 0.0853 e. The topological polar surface area (TPSA) is 39.6 Å². The maximum Gasteiger partial charge on any atom is 0.0853 e. The van der Waals surface area contributed by atoms with Crippen LogP contribution in [0, 0.1) is 0 Å². The Hall–Kier alpha value is -1.13. The zero-order valence-corrected chi connectivity index (χ0v) is 10.8. The normalized spacial score (nSPS) is 24.9. The molecule has 2 saturated heterocycles. The number of likely N-dealkylation sites (tertiary alicyclic amines) is 1. The summed E-state index contributed by atoms with van der Waals surface area (Å²) < 4.78 is 0.